The summed E-state index contributed by atoms with van der Waals surface area (Å²) in [5, 5.41) is 2.82. The summed E-state index contributed by atoms with van der Waals surface area (Å²) in [7, 11) is 0. The van der Waals surface area contributed by atoms with Gasteiger partial charge >= 0.3 is 6.09 Å². The lowest BCUT2D eigenvalue weighted by molar-refractivity contribution is -0.0113. The monoisotopic (exact) mass is 655 g/mol. The summed E-state index contributed by atoms with van der Waals surface area (Å²) in [6, 6.07) is 16.6. The van der Waals surface area contributed by atoms with Crippen molar-refractivity contribution in [3.63, 3.8) is 0 Å². The molecule has 0 spiro atoms. The second-order valence-electron chi connectivity index (χ2n) is 12.2. The molecule has 1 aliphatic rings. The molecule has 0 atom stereocenters. The van der Waals surface area contributed by atoms with Gasteiger partial charge in [-0.3, -0.25) is 0 Å². The van der Waals surface area contributed by atoms with Gasteiger partial charge in [0, 0.05) is 25.7 Å². The van der Waals surface area contributed by atoms with Crippen molar-refractivity contribution in [1.29, 1.82) is 0 Å². The molecule has 1 amide bonds. The number of carbonyl (C=O) groups is 1. The van der Waals surface area contributed by atoms with Gasteiger partial charge in [0.25, 0.3) is 0 Å². The first-order valence-electron chi connectivity index (χ1n) is 18.3. The molecule has 8 heteroatoms. The van der Waals surface area contributed by atoms with E-state index in [-0.39, 0.29) is 5.92 Å². The molecular formula is C39H61NO7. The maximum atomic E-state index is 12.3. The van der Waals surface area contributed by atoms with Crippen LogP contribution in [-0.2, 0) is 28.4 Å². The summed E-state index contributed by atoms with van der Waals surface area (Å²) >= 11 is 0. The minimum absolute atomic E-state index is 0.0639. The van der Waals surface area contributed by atoms with E-state index >= 15 is 0 Å². The third-order valence-electron chi connectivity index (χ3n) is 8.46. The molecule has 264 valence electrons. The van der Waals surface area contributed by atoms with Crippen LogP contribution < -0.4 is 5.32 Å². The van der Waals surface area contributed by atoms with Crippen LogP contribution >= 0.6 is 0 Å². The fraction of sp³-hybridized carbons (Fsp3) is 0.667. The number of fused-ring (bicyclic) bond motifs is 3. The van der Waals surface area contributed by atoms with Crippen LogP contribution in [0.15, 0.2) is 48.5 Å². The van der Waals surface area contributed by atoms with E-state index in [1.165, 1.54) is 86.5 Å². The van der Waals surface area contributed by atoms with Gasteiger partial charge < -0.3 is 33.7 Å². The zero-order valence-corrected chi connectivity index (χ0v) is 29.0. The van der Waals surface area contributed by atoms with E-state index in [0.29, 0.717) is 79.0 Å². The summed E-state index contributed by atoms with van der Waals surface area (Å²) in [6.45, 7) is 8.90. The fourth-order valence-electron chi connectivity index (χ4n) is 5.86. The molecule has 0 aliphatic heterocycles. The number of carbonyl (C=O) groups excluding carboxylic acids is 1. The first kappa shape index (κ1) is 39.0. The predicted octanol–water partition coefficient (Wildman–Crippen LogP) is 8.31. The molecule has 47 heavy (non-hydrogen) atoms. The van der Waals surface area contributed by atoms with E-state index in [4.69, 9.17) is 28.4 Å². The highest BCUT2D eigenvalue weighted by molar-refractivity contribution is 5.79. The lowest BCUT2D eigenvalue weighted by atomic mass is 9.98. The number of amides is 1. The van der Waals surface area contributed by atoms with Crippen molar-refractivity contribution in [2.75, 3.05) is 79.2 Å². The number of ether oxygens (including phenoxy) is 6. The zero-order chi connectivity index (χ0) is 33.0. The molecule has 0 heterocycles. The average molecular weight is 656 g/mol. The van der Waals surface area contributed by atoms with Crippen molar-refractivity contribution in [3.8, 4) is 11.1 Å². The number of hydrogen-bond acceptors (Lipinski definition) is 7. The molecule has 1 aliphatic carbocycles. The maximum absolute atomic E-state index is 12.3. The Bertz CT molecular complexity index is 1020. The van der Waals surface area contributed by atoms with E-state index < -0.39 is 6.09 Å². The fourth-order valence-corrected chi connectivity index (χ4v) is 5.86. The molecule has 0 unspecified atom stereocenters. The second kappa shape index (κ2) is 26.5. The minimum atomic E-state index is -0.399. The maximum Gasteiger partial charge on any atom is 0.407 e. The Morgan fingerprint density at radius 1 is 0.532 bits per heavy atom. The van der Waals surface area contributed by atoms with Gasteiger partial charge in [-0.15, -0.1) is 0 Å². The van der Waals surface area contributed by atoms with Crippen molar-refractivity contribution in [1.82, 2.24) is 5.32 Å². The quantitative estimate of drug-likeness (QED) is 0.0848. The molecule has 2 aromatic carbocycles. The highest BCUT2D eigenvalue weighted by Gasteiger charge is 2.28. The van der Waals surface area contributed by atoms with E-state index in [1.54, 1.807) is 0 Å². The Labute approximate surface area is 284 Å². The van der Waals surface area contributed by atoms with Gasteiger partial charge in [0.1, 0.15) is 6.61 Å². The van der Waals surface area contributed by atoms with E-state index in [2.05, 4.69) is 36.5 Å². The normalized spacial score (nSPS) is 12.3. The van der Waals surface area contributed by atoms with E-state index in [1.807, 2.05) is 24.3 Å². The Morgan fingerprint density at radius 3 is 1.43 bits per heavy atom. The molecule has 0 saturated carbocycles. The molecule has 8 nitrogen and oxygen atoms in total. The Kier molecular flexibility index (Phi) is 21.9. The SMILES string of the molecule is CCCCCCCCCCCCCOCCOCCOCCOCCOCCCNC(=O)OCC1c2ccccc2-c2ccccc21. The van der Waals surface area contributed by atoms with Gasteiger partial charge in [-0.2, -0.15) is 0 Å². The van der Waals surface area contributed by atoms with Crippen LogP contribution in [0.4, 0.5) is 4.79 Å². The molecule has 0 radical (unpaired) electrons. The molecule has 0 saturated heterocycles. The summed E-state index contributed by atoms with van der Waals surface area (Å²) in [6.07, 6.45) is 15.2. The van der Waals surface area contributed by atoms with Crippen LogP contribution in [0.1, 0.15) is 101 Å². The average Bonchev–Trinajstić information content (AvgIpc) is 3.42. The highest BCUT2D eigenvalue weighted by atomic mass is 16.6. The number of rotatable bonds is 30. The van der Waals surface area contributed by atoms with Crippen LogP contribution in [-0.4, -0.2) is 85.3 Å². The number of hydrogen-bond donors (Lipinski definition) is 1. The van der Waals surface area contributed by atoms with Crippen molar-refractivity contribution in [2.24, 2.45) is 0 Å². The third kappa shape index (κ3) is 16.9. The second-order valence-corrected chi connectivity index (χ2v) is 12.2. The van der Waals surface area contributed by atoms with Gasteiger partial charge in [0.15, 0.2) is 0 Å². The van der Waals surface area contributed by atoms with E-state index in [0.717, 1.165) is 13.0 Å². The minimum Gasteiger partial charge on any atom is -0.449 e. The van der Waals surface area contributed by atoms with Gasteiger partial charge in [0.05, 0.1) is 52.9 Å². The number of nitrogens with one attached hydrogen (secondary N) is 1. The largest absolute Gasteiger partial charge is 0.449 e. The standard InChI is InChI=1S/C39H61NO7/c1-2-3-4-5-6-7-8-9-10-11-16-23-42-25-27-44-29-31-46-32-30-45-28-26-43-24-17-22-40-39(41)47-33-38-36-20-14-12-18-34(36)35-19-13-15-21-37(35)38/h12-15,18-21,38H,2-11,16-17,22-33H2,1H3,(H,40,41). The van der Waals surface area contributed by atoms with Crippen molar-refractivity contribution < 1.29 is 33.2 Å². The molecule has 2 aromatic rings. The first-order chi connectivity index (χ1) is 23.3. The number of alkyl carbamates (subject to hydrolysis) is 1. The van der Waals surface area contributed by atoms with E-state index in [9.17, 15) is 4.79 Å². The van der Waals surface area contributed by atoms with Crippen LogP contribution in [0.3, 0.4) is 0 Å². The predicted molar refractivity (Wildman–Crippen MR) is 188 cm³/mol. The topological polar surface area (TPSA) is 84.5 Å². The molecular weight excluding hydrogens is 594 g/mol. The van der Waals surface area contributed by atoms with Crippen molar-refractivity contribution in [2.45, 2.75) is 89.9 Å². The molecule has 3 rings (SSSR count). The highest BCUT2D eigenvalue weighted by Crippen LogP contribution is 2.44. The summed E-state index contributed by atoms with van der Waals surface area (Å²) in [5.74, 6) is 0.0639. The molecule has 0 bridgehead atoms. The van der Waals surface area contributed by atoms with Crippen LogP contribution in [0.2, 0.25) is 0 Å². The smallest absolute Gasteiger partial charge is 0.407 e. The van der Waals surface area contributed by atoms with Gasteiger partial charge in [-0.25, -0.2) is 4.79 Å². The zero-order valence-electron chi connectivity index (χ0n) is 29.0. The molecule has 0 aromatic heterocycles. The summed E-state index contributed by atoms with van der Waals surface area (Å²) in [4.78, 5) is 12.3. The number of benzene rings is 2. The summed E-state index contributed by atoms with van der Waals surface area (Å²) < 4.78 is 33.5. The Morgan fingerprint density at radius 2 is 0.936 bits per heavy atom. The third-order valence-corrected chi connectivity index (χ3v) is 8.46. The van der Waals surface area contributed by atoms with Crippen LogP contribution in [0, 0.1) is 0 Å². The lowest BCUT2D eigenvalue weighted by Gasteiger charge is -2.14. The van der Waals surface area contributed by atoms with Crippen LogP contribution in [0.5, 0.6) is 0 Å². The van der Waals surface area contributed by atoms with Gasteiger partial charge in [-0.1, -0.05) is 120 Å². The lowest BCUT2D eigenvalue weighted by Crippen LogP contribution is -2.27. The van der Waals surface area contributed by atoms with Crippen LogP contribution in [0.25, 0.3) is 11.1 Å². The molecule has 0 fully saturated rings. The summed E-state index contributed by atoms with van der Waals surface area (Å²) in [5.41, 5.74) is 4.85. The Balaban J connectivity index is 0.994. The van der Waals surface area contributed by atoms with Gasteiger partial charge in [-0.05, 0) is 35.1 Å². The number of unbranched alkanes of at least 4 members (excludes halogenated alkanes) is 10. The van der Waals surface area contributed by atoms with Crippen molar-refractivity contribution >= 4 is 6.09 Å². The van der Waals surface area contributed by atoms with Gasteiger partial charge in [0.2, 0.25) is 0 Å². The van der Waals surface area contributed by atoms with Crippen molar-refractivity contribution in [3.05, 3.63) is 59.7 Å². The Hall–Kier alpha value is -2.49. The molecule has 1 N–H and O–H groups in total. The first-order valence-corrected chi connectivity index (χ1v) is 18.3.